The third-order valence-corrected chi connectivity index (χ3v) is 5.10. The zero-order valence-electron chi connectivity index (χ0n) is 17.7. The highest BCUT2D eigenvalue weighted by Gasteiger charge is 2.26. The molecule has 0 saturated heterocycles. The quantitative estimate of drug-likeness (QED) is 0.199. The molecule has 4 rings (SSSR count). The second-order valence-corrected chi connectivity index (χ2v) is 7.15. The molecule has 0 amide bonds. The molecule has 8 heteroatoms. The van der Waals surface area contributed by atoms with Crippen LogP contribution in [0.1, 0.15) is 27.3 Å². The van der Waals surface area contributed by atoms with E-state index in [-0.39, 0.29) is 12.2 Å². The van der Waals surface area contributed by atoms with E-state index in [1.54, 1.807) is 36.7 Å². The summed E-state index contributed by atoms with van der Waals surface area (Å²) in [6.45, 7) is 3.12. The van der Waals surface area contributed by atoms with Gasteiger partial charge in [-0.25, -0.2) is 14.3 Å². The van der Waals surface area contributed by atoms with Gasteiger partial charge in [0.15, 0.2) is 0 Å². The van der Waals surface area contributed by atoms with E-state index in [1.165, 1.54) is 13.2 Å². The van der Waals surface area contributed by atoms with Crippen molar-refractivity contribution in [2.45, 2.75) is 20.5 Å². The fraction of sp³-hybridized carbons (Fsp3) is 0.167. The average molecular weight is 432 g/mol. The Morgan fingerprint density at radius 1 is 1.06 bits per heavy atom. The Morgan fingerprint density at radius 2 is 1.81 bits per heavy atom. The average Bonchev–Trinajstić information content (AvgIpc) is 3.10. The second kappa shape index (κ2) is 8.50. The lowest BCUT2D eigenvalue weighted by Gasteiger charge is -2.08. The lowest BCUT2D eigenvalue weighted by molar-refractivity contribution is -0.139. The maximum atomic E-state index is 12.8. The molecular weight excluding hydrogens is 412 g/mol. The van der Waals surface area contributed by atoms with Crippen LogP contribution in [0.25, 0.3) is 16.7 Å². The van der Waals surface area contributed by atoms with Gasteiger partial charge in [0, 0.05) is 23.1 Å². The summed E-state index contributed by atoms with van der Waals surface area (Å²) in [7, 11) is 1.50. The maximum Gasteiger partial charge on any atom is 0.380 e. The topological polar surface area (TPSA) is 101 Å². The normalized spacial score (nSPS) is 10.8. The van der Waals surface area contributed by atoms with Crippen molar-refractivity contribution in [1.29, 1.82) is 0 Å². The zero-order valence-corrected chi connectivity index (χ0v) is 17.7. The van der Waals surface area contributed by atoms with Gasteiger partial charge in [0.1, 0.15) is 17.9 Å². The molecule has 4 aromatic rings. The number of hydrogen-bond acceptors (Lipinski definition) is 7. The summed E-state index contributed by atoms with van der Waals surface area (Å²) in [5.41, 5.74) is 2.05. The first-order valence-electron chi connectivity index (χ1n) is 9.83. The number of aryl methyl sites for hydroxylation is 1. The second-order valence-electron chi connectivity index (χ2n) is 7.15. The monoisotopic (exact) mass is 432 g/mol. The zero-order chi connectivity index (χ0) is 22.8. The Kier molecular flexibility index (Phi) is 5.59. The van der Waals surface area contributed by atoms with Crippen LogP contribution >= 0.6 is 0 Å². The van der Waals surface area contributed by atoms with E-state index in [2.05, 4.69) is 5.10 Å². The first kappa shape index (κ1) is 21.0. The van der Waals surface area contributed by atoms with Gasteiger partial charge in [0.2, 0.25) is 0 Å². The van der Waals surface area contributed by atoms with Crippen molar-refractivity contribution < 1.29 is 23.5 Å². The molecule has 0 unspecified atom stereocenters. The first-order chi connectivity index (χ1) is 15.4. The molecule has 2 aromatic carbocycles. The van der Waals surface area contributed by atoms with Gasteiger partial charge in [-0.2, -0.15) is 5.10 Å². The number of ether oxygens (including phenoxy) is 2. The van der Waals surface area contributed by atoms with E-state index < -0.39 is 17.4 Å². The molecule has 0 N–H and O–H groups in total. The Bertz CT molecular complexity index is 1390. The molecule has 0 spiro atoms. The van der Waals surface area contributed by atoms with E-state index in [0.29, 0.717) is 33.7 Å². The number of benzene rings is 2. The minimum Gasteiger partial charge on any atom is -0.497 e. The van der Waals surface area contributed by atoms with E-state index in [9.17, 15) is 14.4 Å². The Balaban J connectivity index is 1.58. The number of rotatable bonds is 6. The number of para-hydroxylation sites is 1. The largest absolute Gasteiger partial charge is 0.497 e. The van der Waals surface area contributed by atoms with Crippen molar-refractivity contribution in [3.63, 3.8) is 0 Å². The summed E-state index contributed by atoms with van der Waals surface area (Å²) in [5, 5.41) is 4.97. The number of hydrogen-bond donors (Lipinski definition) is 0. The van der Waals surface area contributed by atoms with Gasteiger partial charge in [0.05, 0.1) is 29.7 Å². The highest BCUT2D eigenvalue weighted by molar-refractivity contribution is 6.41. The van der Waals surface area contributed by atoms with Crippen LogP contribution in [-0.2, 0) is 16.1 Å². The van der Waals surface area contributed by atoms with Crippen molar-refractivity contribution >= 4 is 22.7 Å². The van der Waals surface area contributed by atoms with E-state index in [4.69, 9.17) is 13.9 Å². The predicted octanol–water partition coefficient (Wildman–Crippen LogP) is 3.53. The van der Waals surface area contributed by atoms with Gasteiger partial charge < -0.3 is 13.9 Å². The lowest BCUT2D eigenvalue weighted by Crippen LogP contribution is -2.19. The minimum atomic E-state index is -1.03. The van der Waals surface area contributed by atoms with Crippen molar-refractivity contribution in [3.05, 3.63) is 87.5 Å². The summed E-state index contributed by atoms with van der Waals surface area (Å²) in [6, 6.07) is 15.5. The molecule has 0 atom stereocenters. The van der Waals surface area contributed by atoms with Crippen LogP contribution in [0.4, 0.5) is 0 Å². The number of ketones is 1. The number of Topliss-reactive ketones (excluding diaryl/α,β-unsaturated/α-hetero) is 1. The number of carbonyl (C=O) groups is 2. The number of methoxy groups -OCH3 is 1. The van der Waals surface area contributed by atoms with Gasteiger partial charge >= 0.3 is 11.6 Å². The number of nitrogens with zero attached hydrogens (tertiary/aromatic N) is 2. The molecule has 2 heterocycles. The Hall–Kier alpha value is -4.20. The van der Waals surface area contributed by atoms with Crippen LogP contribution < -0.4 is 10.4 Å². The highest BCUT2D eigenvalue weighted by atomic mass is 16.5. The van der Waals surface area contributed by atoms with Gasteiger partial charge in [0.25, 0.3) is 5.78 Å². The molecule has 162 valence electrons. The molecule has 0 aliphatic rings. The number of esters is 1. The van der Waals surface area contributed by atoms with Crippen molar-refractivity contribution in [2.75, 3.05) is 7.11 Å². The van der Waals surface area contributed by atoms with Gasteiger partial charge in [-0.05, 0) is 38.1 Å². The van der Waals surface area contributed by atoms with Crippen LogP contribution in [0.5, 0.6) is 5.75 Å². The van der Waals surface area contributed by atoms with Crippen molar-refractivity contribution in [3.8, 4) is 11.4 Å². The molecular formula is C24H20N2O6. The molecule has 0 aliphatic heterocycles. The SMILES string of the molecule is COc1ccc2c(COC(=O)C(=O)c3c(C)nn(-c4ccccc4)c3C)cc(=O)oc2c1. The van der Waals surface area contributed by atoms with Crippen LogP contribution in [0.15, 0.2) is 63.8 Å². The van der Waals surface area contributed by atoms with E-state index >= 15 is 0 Å². The van der Waals surface area contributed by atoms with Gasteiger partial charge in [-0.3, -0.25) is 4.79 Å². The summed E-state index contributed by atoms with van der Waals surface area (Å²) in [4.78, 5) is 37.3. The smallest absolute Gasteiger partial charge is 0.380 e. The predicted molar refractivity (Wildman–Crippen MR) is 116 cm³/mol. The molecule has 0 bridgehead atoms. The fourth-order valence-corrected chi connectivity index (χ4v) is 3.56. The highest BCUT2D eigenvalue weighted by Crippen LogP contribution is 2.23. The molecule has 0 radical (unpaired) electrons. The summed E-state index contributed by atoms with van der Waals surface area (Å²) in [5.74, 6) is -1.30. The van der Waals surface area contributed by atoms with Crippen LogP contribution in [-0.4, -0.2) is 28.6 Å². The number of carbonyl (C=O) groups excluding carboxylic acids is 2. The Labute approximate surface area is 183 Å². The van der Waals surface area contributed by atoms with E-state index in [1.807, 2.05) is 30.3 Å². The first-order valence-corrected chi connectivity index (χ1v) is 9.83. The molecule has 0 fully saturated rings. The molecule has 32 heavy (non-hydrogen) atoms. The molecule has 0 aliphatic carbocycles. The third-order valence-electron chi connectivity index (χ3n) is 5.10. The van der Waals surface area contributed by atoms with Gasteiger partial charge in [-0.15, -0.1) is 0 Å². The lowest BCUT2D eigenvalue weighted by atomic mass is 10.1. The number of aromatic nitrogens is 2. The number of fused-ring (bicyclic) bond motifs is 1. The standard InChI is InChI=1S/C24H20N2O6/c1-14-22(15(2)26(25-14)17-7-5-4-6-8-17)23(28)24(29)31-13-16-11-21(27)32-20-12-18(30-3)9-10-19(16)20/h4-12H,13H2,1-3H3. The molecule has 2 aromatic heterocycles. The van der Waals surface area contributed by atoms with E-state index in [0.717, 1.165) is 5.69 Å². The van der Waals surface area contributed by atoms with Crippen molar-refractivity contribution in [1.82, 2.24) is 9.78 Å². The maximum absolute atomic E-state index is 12.8. The fourth-order valence-electron chi connectivity index (χ4n) is 3.56. The van der Waals surface area contributed by atoms with Crippen molar-refractivity contribution in [2.24, 2.45) is 0 Å². The molecule has 0 saturated carbocycles. The summed E-state index contributed by atoms with van der Waals surface area (Å²) in [6.07, 6.45) is 0. The van der Waals surface area contributed by atoms with Crippen LogP contribution in [0.3, 0.4) is 0 Å². The van der Waals surface area contributed by atoms with Crippen LogP contribution in [0.2, 0.25) is 0 Å². The van der Waals surface area contributed by atoms with Gasteiger partial charge in [-0.1, -0.05) is 18.2 Å². The van der Waals surface area contributed by atoms with Crippen LogP contribution in [0, 0.1) is 13.8 Å². The third kappa shape index (κ3) is 3.90. The summed E-state index contributed by atoms with van der Waals surface area (Å²) < 4.78 is 17.2. The minimum absolute atomic E-state index is 0.195. The summed E-state index contributed by atoms with van der Waals surface area (Å²) >= 11 is 0. The Morgan fingerprint density at radius 3 is 2.53 bits per heavy atom. The molecule has 8 nitrogen and oxygen atoms in total.